The number of hydrogen-bond donors (Lipinski definition) is 3. The number of aromatic amines is 1. The topological polar surface area (TPSA) is 77.5 Å². The minimum absolute atomic E-state index is 0.0767. The Kier molecular flexibility index (Phi) is 3.93. The number of H-pyrrole nitrogens is 1. The van der Waals surface area contributed by atoms with Crippen LogP contribution in [0.2, 0.25) is 0 Å². The summed E-state index contributed by atoms with van der Waals surface area (Å²) in [6.07, 6.45) is 3.37. The Morgan fingerprint density at radius 3 is 2.91 bits per heavy atom. The highest BCUT2D eigenvalue weighted by Crippen LogP contribution is 2.21. The van der Waals surface area contributed by atoms with E-state index >= 15 is 0 Å². The van der Waals surface area contributed by atoms with Crippen LogP contribution in [0.25, 0.3) is 10.9 Å². The summed E-state index contributed by atoms with van der Waals surface area (Å²) in [5.74, 6) is -0.538. The third-order valence-corrected chi connectivity index (χ3v) is 3.69. The van der Waals surface area contributed by atoms with E-state index in [1.807, 2.05) is 24.4 Å². The first-order valence-corrected chi connectivity index (χ1v) is 7.32. The third-order valence-electron chi connectivity index (χ3n) is 3.19. The second kappa shape index (κ2) is 6.03. The number of nitrogens with zero attached hydrogens (tertiary/aromatic N) is 1. The normalized spacial score (nSPS) is 11.1. The zero-order chi connectivity index (χ0) is 15.5. The van der Waals surface area contributed by atoms with E-state index in [1.165, 1.54) is 12.1 Å². The van der Waals surface area contributed by atoms with Crippen LogP contribution < -0.4 is 5.43 Å². The Morgan fingerprint density at radius 2 is 2.09 bits per heavy atom. The van der Waals surface area contributed by atoms with E-state index in [-0.39, 0.29) is 11.3 Å². The molecule has 1 aromatic heterocycles. The summed E-state index contributed by atoms with van der Waals surface area (Å²) >= 11 is 3.41. The predicted octanol–water partition coefficient (Wildman–Crippen LogP) is 3.40. The molecule has 3 rings (SSSR count). The third kappa shape index (κ3) is 2.87. The molecule has 0 aliphatic rings. The molecule has 0 fully saturated rings. The van der Waals surface area contributed by atoms with Crippen molar-refractivity contribution >= 4 is 39.0 Å². The van der Waals surface area contributed by atoms with Gasteiger partial charge in [0.15, 0.2) is 0 Å². The lowest BCUT2D eigenvalue weighted by atomic mass is 10.2. The molecule has 5 nitrogen and oxygen atoms in total. The van der Waals surface area contributed by atoms with Gasteiger partial charge < -0.3 is 10.1 Å². The maximum atomic E-state index is 11.9. The monoisotopic (exact) mass is 357 g/mol. The van der Waals surface area contributed by atoms with Crippen LogP contribution in [0.5, 0.6) is 5.75 Å². The van der Waals surface area contributed by atoms with Gasteiger partial charge in [-0.3, -0.25) is 4.79 Å². The highest BCUT2D eigenvalue weighted by Gasteiger charge is 2.08. The molecule has 0 unspecified atom stereocenters. The Bertz CT molecular complexity index is 871. The van der Waals surface area contributed by atoms with Gasteiger partial charge in [-0.05, 0) is 24.3 Å². The predicted molar refractivity (Wildman–Crippen MR) is 89.2 cm³/mol. The molecule has 6 heteroatoms. The van der Waals surface area contributed by atoms with Crippen molar-refractivity contribution in [3.63, 3.8) is 0 Å². The van der Waals surface area contributed by atoms with E-state index in [2.05, 4.69) is 31.4 Å². The van der Waals surface area contributed by atoms with E-state index in [0.29, 0.717) is 0 Å². The molecule has 22 heavy (non-hydrogen) atoms. The van der Waals surface area contributed by atoms with Gasteiger partial charge in [0.1, 0.15) is 5.75 Å². The Morgan fingerprint density at radius 1 is 1.27 bits per heavy atom. The molecule has 1 amide bonds. The molecule has 0 saturated carbocycles. The molecule has 0 aliphatic heterocycles. The summed E-state index contributed by atoms with van der Waals surface area (Å²) in [5.41, 5.74) is 4.42. The quantitative estimate of drug-likeness (QED) is 0.496. The van der Waals surface area contributed by atoms with Crippen molar-refractivity contribution in [1.29, 1.82) is 0 Å². The van der Waals surface area contributed by atoms with Crippen molar-refractivity contribution in [2.24, 2.45) is 5.10 Å². The van der Waals surface area contributed by atoms with Gasteiger partial charge in [0.25, 0.3) is 5.91 Å². The number of phenolic OH excluding ortho intramolecular Hbond substituents is 1. The van der Waals surface area contributed by atoms with Crippen LogP contribution in [0.1, 0.15) is 15.9 Å². The largest absolute Gasteiger partial charge is 0.507 e. The molecule has 1 heterocycles. The summed E-state index contributed by atoms with van der Waals surface area (Å²) in [5, 5.41) is 14.5. The van der Waals surface area contributed by atoms with E-state index in [9.17, 15) is 9.90 Å². The van der Waals surface area contributed by atoms with Crippen LogP contribution in [0.3, 0.4) is 0 Å². The van der Waals surface area contributed by atoms with Gasteiger partial charge in [0.2, 0.25) is 0 Å². The molecule has 0 aliphatic carbocycles. The number of para-hydroxylation sites is 1. The zero-order valence-corrected chi connectivity index (χ0v) is 13.0. The maximum Gasteiger partial charge on any atom is 0.275 e. The van der Waals surface area contributed by atoms with Gasteiger partial charge in [0, 0.05) is 27.1 Å². The molecule has 0 atom stereocenters. The average molecular weight is 358 g/mol. The summed E-state index contributed by atoms with van der Waals surface area (Å²) in [7, 11) is 0. The fourth-order valence-corrected chi connectivity index (χ4v) is 2.48. The number of fused-ring (bicyclic) bond motifs is 1. The molecule has 0 bridgehead atoms. The highest BCUT2D eigenvalue weighted by molar-refractivity contribution is 9.10. The Hall–Kier alpha value is -2.60. The first-order chi connectivity index (χ1) is 10.6. The molecule has 0 radical (unpaired) electrons. The van der Waals surface area contributed by atoms with Gasteiger partial charge in [-0.25, -0.2) is 5.43 Å². The number of hydrogen-bond acceptors (Lipinski definition) is 3. The van der Waals surface area contributed by atoms with Crippen LogP contribution in [0.15, 0.2) is 58.2 Å². The molecular weight excluding hydrogens is 346 g/mol. The average Bonchev–Trinajstić information content (AvgIpc) is 2.90. The second-order valence-corrected chi connectivity index (χ2v) is 5.57. The van der Waals surface area contributed by atoms with E-state index in [0.717, 1.165) is 20.9 Å². The number of phenols is 1. The first kappa shape index (κ1) is 14.3. The number of amides is 1. The van der Waals surface area contributed by atoms with Gasteiger partial charge in [-0.1, -0.05) is 34.1 Å². The van der Waals surface area contributed by atoms with E-state index in [1.54, 1.807) is 18.3 Å². The van der Waals surface area contributed by atoms with E-state index < -0.39 is 5.91 Å². The number of rotatable bonds is 3. The smallest absolute Gasteiger partial charge is 0.275 e. The number of benzene rings is 2. The van der Waals surface area contributed by atoms with Gasteiger partial charge in [0.05, 0.1) is 11.8 Å². The molecule has 2 aromatic carbocycles. The second-order valence-electron chi connectivity index (χ2n) is 4.65. The van der Waals surface area contributed by atoms with Crippen LogP contribution in [-0.4, -0.2) is 22.2 Å². The number of carbonyl (C=O) groups is 1. The fraction of sp³-hybridized carbons (Fsp3) is 0. The SMILES string of the molecule is O=C(N/N=C/c1c[nH]c2cc(Br)ccc12)c1ccccc1O. The maximum absolute atomic E-state index is 11.9. The Balaban J connectivity index is 1.77. The standard InChI is InChI=1S/C16H12BrN3O2/c17-11-5-6-12-10(8-18-14(12)7-11)9-19-20-16(22)13-3-1-2-4-15(13)21/h1-9,18,21H,(H,20,22)/b19-9+. The van der Waals surface area contributed by atoms with Crippen molar-refractivity contribution in [3.8, 4) is 5.75 Å². The minimum Gasteiger partial charge on any atom is -0.507 e. The minimum atomic E-state index is -0.461. The summed E-state index contributed by atoms with van der Waals surface area (Å²) in [6, 6.07) is 12.2. The lowest BCUT2D eigenvalue weighted by Gasteiger charge is -2.01. The molecule has 110 valence electrons. The van der Waals surface area contributed by atoms with Crippen molar-refractivity contribution in [2.75, 3.05) is 0 Å². The number of nitrogens with one attached hydrogen (secondary N) is 2. The fourth-order valence-electron chi connectivity index (χ4n) is 2.11. The number of aromatic nitrogens is 1. The van der Waals surface area contributed by atoms with Crippen LogP contribution in [0, 0.1) is 0 Å². The number of hydrazone groups is 1. The van der Waals surface area contributed by atoms with Gasteiger partial charge in [-0.2, -0.15) is 5.10 Å². The molecule has 0 spiro atoms. The first-order valence-electron chi connectivity index (χ1n) is 6.53. The van der Waals surface area contributed by atoms with Crippen molar-refractivity contribution in [2.45, 2.75) is 0 Å². The summed E-state index contributed by atoms with van der Waals surface area (Å²) < 4.78 is 0.984. The number of carbonyl (C=O) groups excluding carboxylic acids is 1. The Labute approximate surface area is 134 Å². The van der Waals surface area contributed by atoms with Crippen LogP contribution >= 0.6 is 15.9 Å². The van der Waals surface area contributed by atoms with Gasteiger partial charge in [-0.15, -0.1) is 0 Å². The molecular formula is C16H12BrN3O2. The number of halogens is 1. The van der Waals surface area contributed by atoms with Crippen LogP contribution in [-0.2, 0) is 0 Å². The zero-order valence-electron chi connectivity index (χ0n) is 11.4. The van der Waals surface area contributed by atoms with Gasteiger partial charge >= 0.3 is 0 Å². The lowest BCUT2D eigenvalue weighted by molar-refractivity contribution is 0.0952. The molecule has 0 saturated heterocycles. The van der Waals surface area contributed by atoms with Crippen molar-refractivity contribution < 1.29 is 9.90 Å². The van der Waals surface area contributed by atoms with Crippen molar-refractivity contribution in [3.05, 3.63) is 64.3 Å². The lowest BCUT2D eigenvalue weighted by Crippen LogP contribution is -2.17. The number of aromatic hydroxyl groups is 1. The summed E-state index contributed by atoms with van der Waals surface area (Å²) in [4.78, 5) is 15.0. The summed E-state index contributed by atoms with van der Waals surface area (Å²) in [6.45, 7) is 0. The van der Waals surface area contributed by atoms with Crippen LogP contribution in [0.4, 0.5) is 0 Å². The van der Waals surface area contributed by atoms with Crippen molar-refractivity contribution in [1.82, 2.24) is 10.4 Å². The van der Waals surface area contributed by atoms with E-state index in [4.69, 9.17) is 0 Å². The molecule has 3 N–H and O–H groups in total. The highest BCUT2D eigenvalue weighted by atomic mass is 79.9. The molecule has 3 aromatic rings.